The smallest absolute Gasteiger partial charge is 0.224 e. The van der Waals surface area contributed by atoms with Gasteiger partial charge in [0.2, 0.25) is 5.91 Å². The zero-order valence-electron chi connectivity index (χ0n) is 11.9. The van der Waals surface area contributed by atoms with Crippen LogP contribution >= 0.6 is 0 Å². The van der Waals surface area contributed by atoms with Crippen LogP contribution in [0.3, 0.4) is 0 Å². The highest BCUT2D eigenvalue weighted by atomic mass is 16.5. The number of hydrogen-bond donors (Lipinski definition) is 3. The van der Waals surface area contributed by atoms with Crippen molar-refractivity contribution >= 4 is 5.91 Å². The summed E-state index contributed by atoms with van der Waals surface area (Å²) in [6, 6.07) is 4.93. The molecule has 1 amide bonds. The van der Waals surface area contributed by atoms with E-state index >= 15 is 0 Å². The first-order chi connectivity index (χ1) is 8.77. The molecule has 0 saturated carbocycles. The van der Waals surface area contributed by atoms with E-state index in [4.69, 9.17) is 10.5 Å². The Bertz CT molecular complexity index is 458. The van der Waals surface area contributed by atoms with Gasteiger partial charge >= 0.3 is 0 Å². The van der Waals surface area contributed by atoms with Crippen LogP contribution in [-0.4, -0.2) is 24.7 Å². The fraction of sp³-hybridized carbons (Fsp3) is 0.500. The molecule has 1 unspecified atom stereocenters. The molecule has 0 aromatic heterocycles. The summed E-state index contributed by atoms with van der Waals surface area (Å²) in [6.45, 7) is 5.90. The maximum atomic E-state index is 11.3. The van der Waals surface area contributed by atoms with Crippen molar-refractivity contribution in [1.82, 2.24) is 5.32 Å². The van der Waals surface area contributed by atoms with Crippen molar-refractivity contribution in [3.8, 4) is 11.5 Å². The first-order valence-electron chi connectivity index (χ1n) is 6.18. The van der Waals surface area contributed by atoms with Gasteiger partial charge in [-0.3, -0.25) is 4.79 Å². The number of phenolic OH excluding ortho intramolecular Hbond substituents is 1. The number of methoxy groups -OCH3 is 1. The third-order valence-corrected chi connectivity index (χ3v) is 3.22. The molecule has 0 aliphatic carbocycles. The lowest BCUT2D eigenvalue weighted by atomic mass is 9.92. The van der Waals surface area contributed by atoms with Gasteiger partial charge in [-0.05, 0) is 39.0 Å². The number of rotatable bonds is 6. The van der Waals surface area contributed by atoms with Crippen LogP contribution in [-0.2, 0) is 4.79 Å². The molecule has 1 atom stereocenters. The molecule has 0 saturated heterocycles. The zero-order chi connectivity index (χ0) is 14.6. The summed E-state index contributed by atoms with van der Waals surface area (Å²) < 4.78 is 5.13. The van der Waals surface area contributed by atoms with Crippen molar-refractivity contribution in [3.63, 3.8) is 0 Å². The molecular formula is C14H22N2O3. The molecule has 0 fully saturated rings. The van der Waals surface area contributed by atoms with Crippen LogP contribution in [0.4, 0.5) is 0 Å². The normalized spacial score (nSPS) is 13.1. The molecule has 1 aromatic rings. The van der Waals surface area contributed by atoms with Crippen LogP contribution in [0.2, 0.25) is 0 Å². The number of phenols is 1. The highest BCUT2D eigenvalue weighted by Gasteiger charge is 2.25. The maximum absolute atomic E-state index is 11.3. The van der Waals surface area contributed by atoms with Crippen molar-refractivity contribution in [2.24, 2.45) is 11.1 Å². The molecule has 0 bridgehead atoms. The standard InChI is InChI=1S/C14H22N2O3/c1-9(16-8-14(2,3)13(15)18)11-7-10(19-4)5-6-12(11)17/h5-7,9,16-17H,8H2,1-4H3,(H2,15,18). The molecule has 1 rings (SSSR count). The number of carbonyl (C=O) groups is 1. The summed E-state index contributed by atoms with van der Waals surface area (Å²) in [7, 11) is 1.57. The summed E-state index contributed by atoms with van der Waals surface area (Å²) in [5.41, 5.74) is 5.41. The van der Waals surface area contributed by atoms with Gasteiger partial charge in [-0.1, -0.05) is 0 Å². The van der Waals surface area contributed by atoms with Gasteiger partial charge in [0.1, 0.15) is 11.5 Å². The predicted molar refractivity (Wildman–Crippen MR) is 74.1 cm³/mol. The minimum absolute atomic E-state index is 0.117. The second kappa shape index (κ2) is 5.93. The van der Waals surface area contributed by atoms with E-state index in [1.807, 2.05) is 6.92 Å². The molecule has 0 radical (unpaired) electrons. The second-order valence-electron chi connectivity index (χ2n) is 5.28. The van der Waals surface area contributed by atoms with Crippen molar-refractivity contribution in [2.45, 2.75) is 26.8 Å². The van der Waals surface area contributed by atoms with Crippen molar-refractivity contribution < 1.29 is 14.6 Å². The number of nitrogens with two attached hydrogens (primary N) is 1. The van der Waals surface area contributed by atoms with E-state index < -0.39 is 5.41 Å². The Morgan fingerprint density at radius 3 is 2.68 bits per heavy atom. The summed E-state index contributed by atoms with van der Waals surface area (Å²) in [5, 5.41) is 13.0. The molecule has 19 heavy (non-hydrogen) atoms. The van der Waals surface area contributed by atoms with E-state index in [9.17, 15) is 9.90 Å². The Morgan fingerprint density at radius 2 is 2.16 bits per heavy atom. The molecule has 0 aliphatic heterocycles. The Morgan fingerprint density at radius 1 is 1.53 bits per heavy atom. The van der Waals surface area contributed by atoms with Crippen molar-refractivity contribution in [3.05, 3.63) is 23.8 Å². The van der Waals surface area contributed by atoms with E-state index in [0.717, 1.165) is 5.56 Å². The third kappa shape index (κ3) is 3.86. The molecule has 5 heteroatoms. The number of primary amides is 1. The van der Waals surface area contributed by atoms with Crippen LogP contribution in [0.1, 0.15) is 32.4 Å². The minimum Gasteiger partial charge on any atom is -0.508 e. The van der Waals surface area contributed by atoms with Gasteiger partial charge in [0, 0.05) is 18.2 Å². The van der Waals surface area contributed by atoms with Crippen molar-refractivity contribution in [1.29, 1.82) is 0 Å². The molecule has 0 spiro atoms. The van der Waals surface area contributed by atoms with E-state index in [0.29, 0.717) is 12.3 Å². The average molecular weight is 266 g/mol. The summed E-state index contributed by atoms with van der Waals surface area (Å²) in [6.07, 6.45) is 0. The number of benzene rings is 1. The molecule has 0 heterocycles. The number of nitrogens with one attached hydrogen (secondary N) is 1. The minimum atomic E-state index is -0.636. The lowest BCUT2D eigenvalue weighted by Gasteiger charge is -2.24. The van der Waals surface area contributed by atoms with E-state index in [1.54, 1.807) is 39.2 Å². The molecule has 4 N–H and O–H groups in total. The summed E-state index contributed by atoms with van der Waals surface area (Å²) in [4.78, 5) is 11.3. The van der Waals surface area contributed by atoms with Gasteiger partial charge in [0.15, 0.2) is 0 Å². The number of hydrogen-bond acceptors (Lipinski definition) is 4. The quantitative estimate of drug-likeness (QED) is 0.729. The molecule has 1 aromatic carbocycles. The lowest BCUT2D eigenvalue weighted by molar-refractivity contribution is -0.125. The third-order valence-electron chi connectivity index (χ3n) is 3.22. The van der Waals surface area contributed by atoms with Crippen LogP contribution in [0, 0.1) is 5.41 Å². The van der Waals surface area contributed by atoms with Gasteiger partial charge in [-0.15, -0.1) is 0 Å². The van der Waals surface area contributed by atoms with Crippen LogP contribution < -0.4 is 15.8 Å². The Balaban J connectivity index is 2.78. The monoisotopic (exact) mass is 266 g/mol. The highest BCUT2D eigenvalue weighted by Crippen LogP contribution is 2.28. The van der Waals surface area contributed by atoms with Gasteiger partial charge in [0.05, 0.1) is 12.5 Å². The molecule has 0 aliphatic rings. The predicted octanol–water partition coefficient (Wildman–Crippen LogP) is 1.56. The van der Waals surface area contributed by atoms with E-state index in [1.165, 1.54) is 0 Å². The van der Waals surface area contributed by atoms with Gasteiger partial charge in [-0.2, -0.15) is 0 Å². The molecule has 5 nitrogen and oxygen atoms in total. The molecular weight excluding hydrogens is 244 g/mol. The van der Waals surface area contributed by atoms with Gasteiger partial charge in [-0.25, -0.2) is 0 Å². The van der Waals surface area contributed by atoms with E-state index in [2.05, 4.69) is 5.32 Å². The summed E-state index contributed by atoms with van der Waals surface area (Å²) in [5.74, 6) is 0.510. The Labute approximate surface area is 113 Å². The lowest BCUT2D eigenvalue weighted by Crippen LogP contribution is -2.41. The first kappa shape index (κ1) is 15.3. The number of ether oxygens (including phenoxy) is 1. The number of carbonyl (C=O) groups excluding carboxylic acids is 1. The van der Waals surface area contributed by atoms with Gasteiger partial charge < -0.3 is 20.9 Å². The van der Waals surface area contributed by atoms with Crippen molar-refractivity contribution in [2.75, 3.05) is 13.7 Å². The fourth-order valence-corrected chi connectivity index (χ4v) is 1.61. The number of amides is 1. The Kier molecular flexibility index (Phi) is 4.78. The van der Waals surface area contributed by atoms with Crippen LogP contribution in [0.15, 0.2) is 18.2 Å². The topological polar surface area (TPSA) is 84.6 Å². The Hall–Kier alpha value is -1.75. The van der Waals surface area contributed by atoms with Gasteiger partial charge in [0.25, 0.3) is 0 Å². The molecule has 106 valence electrons. The maximum Gasteiger partial charge on any atom is 0.224 e. The van der Waals surface area contributed by atoms with Crippen LogP contribution in [0.5, 0.6) is 11.5 Å². The van der Waals surface area contributed by atoms with E-state index in [-0.39, 0.29) is 17.7 Å². The first-order valence-corrected chi connectivity index (χ1v) is 6.18. The second-order valence-corrected chi connectivity index (χ2v) is 5.28. The van der Waals surface area contributed by atoms with Crippen LogP contribution in [0.25, 0.3) is 0 Å². The summed E-state index contributed by atoms with van der Waals surface area (Å²) >= 11 is 0. The highest BCUT2D eigenvalue weighted by molar-refractivity contribution is 5.80. The zero-order valence-corrected chi connectivity index (χ0v) is 11.9. The SMILES string of the molecule is COc1ccc(O)c(C(C)NCC(C)(C)C(N)=O)c1. The fourth-order valence-electron chi connectivity index (χ4n) is 1.61. The average Bonchev–Trinajstić information content (AvgIpc) is 2.36. The number of aromatic hydroxyl groups is 1. The largest absolute Gasteiger partial charge is 0.508 e.